The summed E-state index contributed by atoms with van der Waals surface area (Å²) in [7, 11) is -0.331. The molecule has 0 saturated carbocycles. The van der Waals surface area contributed by atoms with Crippen molar-refractivity contribution in [3.63, 3.8) is 0 Å². The third kappa shape index (κ3) is 5.13. The molecule has 6 nitrogen and oxygen atoms in total. The lowest BCUT2D eigenvalue weighted by Gasteiger charge is -2.32. The van der Waals surface area contributed by atoms with E-state index in [2.05, 4.69) is 28.0 Å². The van der Waals surface area contributed by atoms with Crippen LogP contribution in [0.1, 0.15) is 15.9 Å². The zero-order valence-corrected chi connectivity index (χ0v) is 19.0. The van der Waals surface area contributed by atoms with Crippen LogP contribution >= 0.6 is 11.6 Å². The third-order valence-electron chi connectivity index (χ3n) is 5.56. The van der Waals surface area contributed by atoms with Crippen LogP contribution in [0.25, 0.3) is 6.08 Å². The Morgan fingerprint density at radius 1 is 1.19 bits per heavy atom. The number of rotatable bonds is 6. The quantitative estimate of drug-likeness (QED) is 0.672. The number of nitrogens with zero attached hydrogens (tertiary/aromatic N) is 2. The highest BCUT2D eigenvalue weighted by molar-refractivity contribution is 8.03. The van der Waals surface area contributed by atoms with Crippen molar-refractivity contribution in [1.82, 2.24) is 9.80 Å². The molecule has 0 aromatic heterocycles. The minimum absolute atomic E-state index is 0.335. The van der Waals surface area contributed by atoms with Crippen LogP contribution in [-0.4, -0.2) is 72.2 Å². The Balaban J connectivity index is 1.44. The van der Waals surface area contributed by atoms with Crippen LogP contribution in [0, 0.1) is 0 Å². The maximum atomic E-state index is 13.0. The number of hydrogen-bond donors (Lipinski definition) is 1. The molecule has 2 aromatic carbocycles. The molecule has 164 valence electrons. The molecular weight excluding hydrogens is 434 g/mol. The molecule has 2 aliphatic rings. The zero-order chi connectivity index (χ0) is 22.0. The number of piperazine rings is 1. The van der Waals surface area contributed by atoms with Crippen LogP contribution in [-0.2, 0) is 9.52 Å². The first-order chi connectivity index (χ1) is 14.8. The number of fused-ring (bicyclic) bond motifs is 1. The number of carbonyl (C=O) groups excluding carboxylic acids is 1. The summed E-state index contributed by atoms with van der Waals surface area (Å²) in [5.41, 5.74) is 1.76. The van der Waals surface area contributed by atoms with Gasteiger partial charge in [-0.05, 0) is 60.3 Å². The van der Waals surface area contributed by atoms with Gasteiger partial charge in [-0.1, -0.05) is 17.7 Å². The lowest BCUT2D eigenvalue weighted by atomic mass is 10.1. The Labute approximate surface area is 188 Å². The predicted octanol–water partition coefficient (Wildman–Crippen LogP) is 3.28. The molecule has 0 radical (unpaired) electrons. The van der Waals surface area contributed by atoms with Crippen molar-refractivity contribution in [3.8, 4) is 5.75 Å². The minimum Gasteiger partial charge on any atom is -0.491 e. The van der Waals surface area contributed by atoms with Gasteiger partial charge < -0.3 is 15.0 Å². The first kappa shape index (κ1) is 21.9. The summed E-state index contributed by atoms with van der Waals surface area (Å²) < 4.78 is 18.5. The fourth-order valence-corrected chi connectivity index (χ4v) is 5.21. The Hall–Kier alpha value is -2.32. The Kier molecular flexibility index (Phi) is 6.39. The fraction of sp³-hybridized carbons (Fsp3) is 0.304. The van der Waals surface area contributed by atoms with Crippen molar-refractivity contribution < 1.29 is 13.7 Å². The SMILES string of the molecule is C=S1(=O)C=Cc2ccc(NC(=O)c3cc(Cl)ccc3OCCN3CCN(C)CC3)cc21. The van der Waals surface area contributed by atoms with Gasteiger partial charge in [0.2, 0.25) is 0 Å². The van der Waals surface area contributed by atoms with Crippen molar-refractivity contribution in [2.24, 2.45) is 0 Å². The molecule has 2 aromatic rings. The molecule has 31 heavy (non-hydrogen) atoms. The molecule has 1 N–H and O–H groups in total. The number of halogens is 1. The highest BCUT2D eigenvalue weighted by atomic mass is 35.5. The van der Waals surface area contributed by atoms with E-state index in [1.54, 1.807) is 41.8 Å². The molecule has 2 heterocycles. The van der Waals surface area contributed by atoms with E-state index in [0.29, 0.717) is 33.5 Å². The van der Waals surface area contributed by atoms with Crippen LogP contribution < -0.4 is 10.1 Å². The Bertz CT molecular complexity index is 1120. The van der Waals surface area contributed by atoms with Gasteiger partial charge in [-0.3, -0.25) is 13.9 Å². The van der Waals surface area contributed by atoms with Gasteiger partial charge in [0.1, 0.15) is 12.4 Å². The first-order valence-corrected chi connectivity index (χ1v) is 12.3. The van der Waals surface area contributed by atoms with E-state index in [-0.39, 0.29) is 5.91 Å². The van der Waals surface area contributed by atoms with Gasteiger partial charge in [0.05, 0.1) is 5.56 Å². The average Bonchev–Trinajstić information content (AvgIpc) is 3.05. The summed E-state index contributed by atoms with van der Waals surface area (Å²) in [6, 6.07) is 10.3. The highest BCUT2D eigenvalue weighted by Crippen LogP contribution is 2.30. The topological polar surface area (TPSA) is 61.9 Å². The monoisotopic (exact) mass is 459 g/mol. The van der Waals surface area contributed by atoms with Crippen LogP contribution in [0.15, 0.2) is 46.7 Å². The van der Waals surface area contributed by atoms with Crippen LogP contribution in [0.5, 0.6) is 5.75 Å². The second-order valence-electron chi connectivity index (χ2n) is 7.87. The summed E-state index contributed by atoms with van der Waals surface area (Å²) in [6.07, 6.45) is 1.79. The number of carbonyl (C=O) groups is 1. The predicted molar refractivity (Wildman–Crippen MR) is 128 cm³/mol. The van der Waals surface area contributed by atoms with Gasteiger partial charge in [0, 0.05) is 57.9 Å². The molecule has 1 unspecified atom stereocenters. The van der Waals surface area contributed by atoms with Crippen molar-refractivity contribution in [2.75, 3.05) is 51.7 Å². The van der Waals surface area contributed by atoms with Gasteiger partial charge in [-0.15, -0.1) is 0 Å². The van der Waals surface area contributed by atoms with E-state index >= 15 is 0 Å². The first-order valence-electron chi connectivity index (χ1n) is 10.2. The summed E-state index contributed by atoms with van der Waals surface area (Å²) in [5.74, 6) is 3.93. The van der Waals surface area contributed by atoms with Crippen molar-refractivity contribution >= 4 is 44.7 Å². The van der Waals surface area contributed by atoms with E-state index in [1.807, 2.05) is 6.07 Å². The molecule has 2 aliphatic heterocycles. The summed E-state index contributed by atoms with van der Waals surface area (Å²) in [5, 5.41) is 4.92. The van der Waals surface area contributed by atoms with E-state index < -0.39 is 9.52 Å². The van der Waals surface area contributed by atoms with Crippen molar-refractivity contribution in [1.29, 1.82) is 0 Å². The zero-order valence-electron chi connectivity index (χ0n) is 17.5. The maximum Gasteiger partial charge on any atom is 0.259 e. The number of hydrogen-bond acceptors (Lipinski definition) is 5. The van der Waals surface area contributed by atoms with E-state index in [4.69, 9.17) is 16.3 Å². The van der Waals surface area contributed by atoms with Gasteiger partial charge in [0.25, 0.3) is 5.91 Å². The molecule has 1 saturated heterocycles. The number of anilines is 1. The normalized spacial score (nSPS) is 21.1. The summed E-state index contributed by atoms with van der Waals surface area (Å²) in [6.45, 7) is 5.40. The lowest BCUT2D eigenvalue weighted by molar-refractivity contribution is 0.102. The van der Waals surface area contributed by atoms with Gasteiger partial charge >= 0.3 is 0 Å². The number of nitrogens with one attached hydrogen (secondary N) is 1. The van der Waals surface area contributed by atoms with Crippen molar-refractivity contribution in [2.45, 2.75) is 4.90 Å². The lowest BCUT2D eigenvalue weighted by Crippen LogP contribution is -2.45. The Morgan fingerprint density at radius 2 is 1.97 bits per heavy atom. The molecule has 1 fully saturated rings. The summed E-state index contributed by atoms with van der Waals surface area (Å²) >= 11 is 6.14. The molecule has 4 rings (SSSR count). The van der Waals surface area contributed by atoms with Crippen LogP contribution in [0.4, 0.5) is 5.69 Å². The Morgan fingerprint density at radius 3 is 2.74 bits per heavy atom. The molecule has 8 heteroatoms. The minimum atomic E-state index is -2.45. The number of amides is 1. The van der Waals surface area contributed by atoms with Gasteiger partial charge in [-0.25, -0.2) is 0 Å². The van der Waals surface area contributed by atoms with Gasteiger partial charge in [0.15, 0.2) is 0 Å². The average molecular weight is 460 g/mol. The maximum absolute atomic E-state index is 13.0. The molecule has 1 amide bonds. The third-order valence-corrected chi connectivity index (χ3v) is 7.47. The highest BCUT2D eigenvalue weighted by Gasteiger charge is 2.19. The molecule has 1 atom stereocenters. The fourth-order valence-electron chi connectivity index (χ4n) is 3.67. The second kappa shape index (κ2) is 9.04. The van der Waals surface area contributed by atoms with Crippen molar-refractivity contribution in [3.05, 3.63) is 58.0 Å². The molecular formula is C23H26ClN3O3S. The van der Waals surface area contributed by atoms with E-state index in [9.17, 15) is 9.00 Å². The number of benzene rings is 2. The van der Waals surface area contributed by atoms with E-state index in [0.717, 1.165) is 38.3 Å². The van der Waals surface area contributed by atoms with Crippen LogP contribution in [0.3, 0.4) is 0 Å². The van der Waals surface area contributed by atoms with Gasteiger partial charge in [-0.2, -0.15) is 0 Å². The van der Waals surface area contributed by atoms with E-state index in [1.165, 1.54) is 0 Å². The smallest absolute Gasteiger partial charge is 0.259 e. The summed E-state index contributed by atoms with van der Waals surface area (Å²) in [4.78, 5) is 18.3. The largest absolute Gasteiger partial charge is 0.491 e. The molecule has 0 spiro atoms. The molecule has 0 bridgehead atoms. The second-order valence-corrected chi connectivity index (χ2v) is 10.5. The number of ether oxygens (including phenoxy) is 1. The molecule has 0 aliphatic carbocycles. The standard InChI is InChI=1S/C23H26ClN3O3S/c1-26-8-10-27(11-9-26)12-13-30-21-6-4-18(24)15-20(21)23(28)25-19-5-3-17-7-14-31(2,29)22(17)16-19/h3-7,14-16H,2,8-13H2,1H3,(H,25,28). The van der Waals surface area contributed by atoms with Crippen LogP contribution in [0.2, 0.25) is 5.02 Å². The number of likely N-dealkylation sites (N-methyl/N-ethyl adjacent to an activating group) is 1.